The summed E-state index contributed by atoms with van der Waals surface area (Å²) in [4.78, 5) is 10.8. The summed E-state index contributed by atoms with van der Waals surface area (Å²) in [5.74, 6) is 0.328. The lowest BCUT2D eigenvalue weighted by atomic mass is 9.98. The first-order valence-corrected chi connectivity index (χ1v) is 5.02. The largest absolute Gasteiger partial charge is 0.366 e. The molecule has 0 saturated heterocycles. The van der Waals surface area contributed by atoms with Crippen LogP contribution in [-0.2, 0) is 6.42 Å². The zero-order valence-corrected chi connectivity index (χ0v) is 8.79. The van der Waals surface area contributed by atoms with Gasteiger partial charge in [0.2, 0.25) is 5.91 Å². The van der Waals surface area contributed by atoms with E-state index in [1.807, 2.05) is 12.1 Å². The molecule has 1 atom stereocenters. The summed E-state index contributed by atoms with van der Waals surface area (Å²) in [6, 6.07) is 7.54. The predicted molar refractivity (Wildman–Crippen MR) is 58.1 cm³/mol. The molecule has 76 valence electrons. The molecule has 0 fully saturated rings. The SMILES string of the molecule is CCC(C)Cc1ccc(C(N)=O)cc1. The number of nitrogens with two attached hydrogens (primary N) is 1. The highest BCUT2D eigenvalue weighted by atomic mass is 16.1. The quantitative estimate of drug-likeness (QED) is 0.780. The van der Waals surface area contributed by atoms with Crippen molar-refractivity contribution in [1.82, 2.24) is 0 Å². The summed E-state index contributed by atoms with van der Waals surface area (Å²) < 4.78 is 0. The molecule has 0 bridgehead atoms. The molecule has 2 heteroatoms. The Morgan fingerprint density at radius 1 is 1.36 bits per heavy atom. The van der Waals surface area contributed by atoms with Gasteiger partial charge in [-0.3, -0.25) is 4.79 Å². The first-order chi connectivity index (χ1) is 6.63. The Morgan fingerprint density at radius 3 is 2.36 bits per heavy atom. The van der Waals surface area contributed by atoms with Crippen LogP contribution in [0.15, 0.2) is 24.3 Å². The highest BCUT2D eigenvalue weighted by Gasteiger charge is 2.02. The average Bonchev–Trinajstić information content (AvgIpc) is 2.18. The molecule has 1 unspecified atom stereocenters. The van der Waals surface area contributed by atoms with E-state index >= 15 is 0 Å². The van der Waals surface area contributed by atoms with Crippen molar-refractivity contribution < 1.29 is 4.79 Å². The van der Waals surface area contributed by atoms with Crippen LogP contribution < -0.4 is 5.73 Å². The topological polar surface area (TPSA) is 43.1 Å². The standard InChI is InChI=1S/C12H17NO/c1-3-9(2)8-10-4-6-11(7-5-10)12(13)14/h4-7,9H,3,8H2,1-2H3,(H2,13,14). The van der Waals surface area contributed by atoms with E-state index in [0.717, 1.165) is 6.42 Å². The lowest BCUT2D eigenvalue weighted by Gasteiger charge is -2.08. The Labute approximate surface area is 85.1 Å². The third kappa shape index (κ3) is 2.87. The van der Waals surface area contributed by atoms with Gasteiger partial charge in [-0.2, -0.15) is 0 Å². The van der Waals surface area contributed by atoms with E-state index < -0.39 is 0 Å². The van der Waals surface area contributed by atoms with Gasteiger partial charge in [-0.15, -0.1) is 0 Å². The first-order valence-electron chi connectivity index (χ1n) is 5.02. The molecule has 1 rings (SSSR count). The molecule has 1 amide bonds. The van der Waals surface area contributed by atoms with E-state index in [4.69, 9.17) is 5.73 Å². The minimum absolute atomic E-state index is 0.361. The lowest BCUT2D eigenvalue weighted by molar-refractivity contribution is 0.100. The molecule has 0 aliphatic heterocycles. The molecule has 14 heavy (non-hydrogen) atoms. The van der Waals surface area contributed by atoms with Gasteiger partial charge in [-0.1, -0.05) is 32.4 Å². The Morgan fingerprint density at radius 2 is 1.93 bits per heavy atom. The second-order valence-corrected chi connectivity index (χ2v) is 3.78. The molecule has 0 aliphatic carbocycles. The zero-order valence-electron chi connectivity index (χ0n) is 8.79. The van der Waals surface area contributed by atoms with Crippen molar-refractivity contribution in [2.24, 2.45) is 11.7 Å². The van der Waals surface area contributed by atoms with Crippen molar-refractivity contribution in [2.75, 3.05) is 0 Å². The van der Waals surface area contributed by atoms with Crippen molar-refractivity contribution in [2.45, 2.75) is 26.7 Å². The summed E-state index contributed by atoms with van der Waals surface area (Å²) >= 11 is 0. The molecular weight excluding hydrogens is 174 g/mol. The van der Waals surface area contributed by atoms with Crippen LogP contribution in [0, 0.1) is 5.92 Å². The summed E-state index contributed by atoms with van der Waals surface area (Å²) in [5.41, 5.74) is 7.00. The van der Waals surface area contributed by atoms with Crippen LogP contribution in [-0.4, -0.2) is 5.91 Å². The molecule has 0 heterocycles. The van der Waals surface area contributed by atoms with Crippen molar-refractivity contribution in [3.05, 3.63) is 35.4 Å². The summed E-state index contributed by atoms with van der Waals surface area (Å²) in [6.45, 7) is 4.41. The fraction of sp³-hybridized carbons (Fsp3) is 0.417. The second kappa shape index (κ2) is 4.80. The minimum Gasteiger partial charge on any atom is -0.366 e. The van der Waals surface area contributed by atoms with Crippen LogP contribution in [0.1, 0.15) is 36.2 Å². The van der Waals surface area contributed by atoms with Crippen molar-refractivity contribution in [3.63, 3.8) is 0 Å². The van der Waals surface area contributed by atoms with Gasteiger partial charge in [0.25, 0.3) is 0 Å². The maximum Gasteiger partial charge on any atom is 0.248 e. The molecule has 1 aromatic carbocycles. The third-order valence-electron chi connectivity index (χ3n) is 2.52. The molecule has 0 aromatic heterocycles. The maximum atomic E-state index is 10.8. The fourth-order valence-electron chi connectivity index (χ4n) is 1.35. The van der Waals surface area contributed by atoms with Crippen LogP contribution in [0.5, 0.6) is 0 Å². The van der Waals surface area contributed by atoms with E-state index in [2.05, 4.69) is 13.8 Å². The van der Waals surface area contributed by atoms with Gasteiger partial charge in [0, 0.05) is 5.56 Å². The van der Waals surface area contributed by atoms with Crippen LogP contribution >= 0.6 is 0 Å². The van der Waals surface area contributed by atoms with E-state index in [1.54, 1.807) is 12.1 Å². The van der Waals surface area contributed by atoms with Gasteiger partial charge < -0.3 is 5.73 Å². The monoisotopic (exact) mass is 191 g/mol. The van der Waals surface area contributed by atoms with Gasteiger partial charge in [0.1, 0.15) is 0 Å². The van der Waals surface area contributed by atoms with E-state index in [9.17, 15) is 4.79 Å². The Kier molecular flexibility index (Phi) is 3.69. The van der Waals surface area contributed by atoms with Gasteiger partial charge in [0.05, 0.1) is 0 Å². The number of amides is 1. The number of hydrogen-bond acceptors (Lipinski definition) is 1. The van der Waals surface area contributed by atoms with E-state index in [-0.39, 0.29) is 5.91 Å². The molecule has 0 radical (unpaired) electrons. The van der Waals surface area contributed by atoms with Gasteiger partial charge in [-0.25, -0.2) is 0 Å². The van der Waals surface area contributed by atoms with Crippen molar-refractivity contribution in [3.8, 4) is 0 Å². The van der Waals surface area contributed by atoms with Crippen molar-refractivity contribution >= 4 is 5.91 Å². The predicted octanol–water partition coefficient (Wildman–Crippen LogP) is 2.37. The number of carbonyl (C=O) groups excluding carboxylic acids is 1. The number of primary amides is 1. The summed E-state index contributed by atoms with van der Waals surface area (Å²) in [5, 5.41) is 0. The third-order valence-corrected chi connectivity index (χ3v) is 2.52. The normalized spacial score (nSPS) is 12.4. The number of hydrogen-bond donors (Lipinski definition) is 1. The van der Waals surface area contributed by atoms with E-state index in [1.165, 1.54) is 12.0 Å². The number of rotatable bonds is 4. The highest BCUT2D eigenvalue weighted by molar-refractivity contribution is 5.92. The Bertz CT molecular complexity index is 303. The van der Waals surface area contributed by atoms with Crippen LogP contribution in [0.25, 0.3) is 0 Å². The number of carbonyl (C=O) groups is 1. The van der Waals surface area contributed by atoms with Gasteiger partial charge in [0.15, 0.2) is 0 Å². The Hall–Kier alpha value is -1.31. The summed E-state index contributed by atoms with van der Waals surface area (Å²) in [6.07, 6.45) is 2.24. The molecular formula is C12H17NO. The first kappa shape index (κ1) is 10.8. The molecule has 2 nitrogen and oxygen atoms in total. The van der Waals surface area contributed by atoms with Crippen molar-refractivity contribution in [1.29, 1.82) is 0 Å². The average molecular weight is 191 g/mol. The number of benzene rings is 1. The summed E-state index contributed by atoms with van der Waals surface area (Å²) in [7, 11) is 0. The molecule has 1 aromatic rings. The lowest BCUT2D eigenvalue weighted by Crippen LogP contribution is -2.10. The molecule has 0 aliphatic rings. The van der Waals surface area contributed by atoms with Gasteiger partial charge in [-0.05, 0) is 30.0 Å². The molecule has 0 spiro atoms. The fourth-order valence-corrected chi connectivity index (χ4v) is 1.35. The second-order valence-electron chi connectivity index (χ2n) is 3.78. The van der Waals surface area contributed by atoms with Crippen LogP contribution in [0.4, 0.5) is 0 Å². The maximum absolute atomic E-state index is 10.8. The van der Waals surface area contributed by atoms with E-state index in [0.29, 0.717) is 11.5 Å². The van der Waals surface area contributed by atoms with Gasteiger partial charge >= 0.3 is 0 Å². The molecule has 0 saturated carbocycles. The van der Waals surface area contributed by atoms with Crippen LogP contribution in [0.3, 0.4) is 0 Å². The Balaban J connectivity index is 2.68. The van der Waals surface area contributed by atoms with Crippen LogP contribution in [0.2, 0.25) is 0 Å². The smallest absolute Gasteiger partial charge is 0.248 e. The zero-order chi connectivity index (χ0) is 10.6. The molecule has 2 N–H and O–H groups in total. The minimum atomic E-state index is -0.361. The highest BCUT2D eigenvalue weighted by Crippen LogP contribution is 2.12.